The number of piperidine rings is 1. The Kier molecular flexibility index (Phi) is 5.07. The lowest BCUT2D eigenvalue weighted by molar-refractivity contribution is -0.142. The standard InChI is InChI=1S/C25H23NO2/c1-18(27)26-22(19-11-5-2-6-12-19)17-23(28)24(20-13-7-3-8-14-20)25(26)21-15-9-4-10-16-21/h2-16,22,24-25H,17H2,1H3/t22-,24-,25+/m1/s1. The fraction of sp³-hybridized carbons (Fsp3) is 0.200. The van der Waals surface area contributed by atoms with Crippen molar-refractivity contribution < 1.29 is 9.59 Å². The molecule has 1 amide bonds. The molecule has 0 spiro atoms. The Labute approximate surface area is 165 Å². The summed E-state index contributed by atoms with van der Waals surface area (Å²) in [6, 6.07) is 29.0. The fourth-order valence-corrected chi connectivity index (χ4v) is 4.35. The normalized spacial score (nSPS) is 22.1. The van der Waals surface area contributed by atoms with Crippen molar-refractivity contribution in [3.05, 3.63) is 108 Å². The van der Waals surface area contributed by atoms with Crippen LogP contribution < -0.4 is 0 Å². The first-order chi connectivity index (χ1) is 13.7. The third kappa shape index (κ3) is 3.36. The average molecular weight is 369 g/mol. The second kappa shape index (κ2) is 7.81. The SMILES string of the molecule is CC(=O)N1[C@@H](c2ccccc2)CC(=O)[C@@H](c2ccccc2)[C@@H]1c1ccccc1. The fourth-order valence-electron chi connectivity index (χ4n) is 4.35. The molecule has 0 bridgehead atoms. The summed E-state index contributed by atoms with van der Waals surface area (Å²) in [5.41, 5.74) is 2.94. The summed E-state index contributed by atoms with van der Waals surface area (Å²) in [5, 5.41) is 0. The highest BCUT2D eigenvalue weighted by Gasteiger charge is 2.45. The molecule has 1 fully saturated rings. The number of likely N-dealkylation sites (tertiary alicyclic amines) is 1. The monoisotopic (exact) mass is 369 g/mol. The first-order valence-corrected chi connectivity index (χ1v) is 9.63. The van der Waals surface area contributed by atoms with Gasteiger partial charge < -0.3 is 4.90 Å². The zero-order chi connectivity index (χ0) is 19.5. The first-order valence-electron chi connectivity index (χ1n) is 9.63. The van der Waals surface area contributed by atoms with Crippen LogP contribution in [0.15, 0.2) is 91.0 Å². The summed E-state index contributed by atoms with van der Waals surface area (Å²) in [6.07, 6.45) is 0.326. The molecule has 0 aliphatic carbocycles. The predicted octanol–water partition coefficient (Wildman–Crippen LogP) is 5.07. The van der Waals surface area contributed by atoms with Gasteiger partial charge in [-0.05, 0) is 16.7 Å². The van der Waals surface area contributed by atoms with Crippen LogP contribution in [0.4, 0.5) is 0 Å². The number of nitrogens with zero attached hydrogens (tertiary/aromatic N) is 1. The largest absolute Gasteiger partial charge is 0.327 e. The van der Waals surface area contributed by atoms with Crippen molar-refractivity contribution in [1.82, 2.24) is 4.90 Å². The van der Waals surface area contributed by atoms with Gasteiger partial charge >= 0.3 is 0 Å². The number of benzene rings is 3. The maximum atomic E-state index is 13.4. The molecule has 0 N–H and O–H groups in total. The van der Waals surface area contributed by atoms with Gasteiger partial charge in [0.15, 0.2) is 0 Å². The highest BCUT2D eigenvalue weighted by molar-refractivity contribution is 5.90. The average Bonchev–Trinajstić information content (AvgIpc) is 2.74. The van der Waals surface area contributed by atoms with Crippen molar-refractivity contribution in [2.45, 2.75) is 31.3 Å². The minimum absolute atomic E-state index is 0.0175. The zero-order valence-corrected chi connectivity index (χ0v) is 15.9. The molecule has 3 aromatic carbocycles. The van der Waals surface area contributed by atoms with E-state index in [1.807, 2.05) is 95.9 Å². The molecule has 0 saturated carbocycles. The van der Waals surface area contributed by atoms with E-state index in [1.165, 1.54) is 0 Å². The Hall–Kier alpha value is -3.20. The van der Waals surface area contributed by atoms with Crippen LogP contribution in [0.25, 0.3) is 0 Å². The van der Waals surface area contributed by atoms with Gasteiger partial charge in [-0.15, -0.1) is 0 Å². The molecular weight excluding hydrogens is 346 g/mol. The third-order valence-electron chi connectivity index (χ3n) is 5.54. The highest BCUT2D eigenvalue weighted by atomic mass is 16.2. The van der Waals surface area contributed by atoms with E-state index in [0.717, 1.165) is 16.7 Å². The summed E-state index contributed by atoms with van der Waals surface area (Å²) < 4.78 is 0. The predicted molar refractivity (Wildman–Crippen MR) is 110 cm³/mol. The lowest BCUT2D eigenvalue weighted by Gasteiger charge is -2.46. The Bertz CT molecular complexity index is 954. The van der Waals surface area contributed by atoms with Gasteiger partial charge in [0.25, 0.3) is 0 Å². The van der Waals surface area contributed by atoms with Gasteiger partial charge in [0.1, 0.15) is 5.78 Å². The summed E-state index contributed by atoms with van der Waals surface area (Å²) in [7, 11) is 0. The second-order valence-electron chi connectivity index (χ2n) is 7.27. The van der Waals surface area contributed by atoms with Crippen LogP contribution in [0.1, 0.15) is 48.0 Å². The second-order valence-corrected chi connectivity index (χ2v) is 7.27. The summed E-state index contributed by atoms with van der Waals surface area (Å²) in [5.74, 6) is -0.213. The van der Waals surface area contributed by atoms with Gasteiger partial charge in [-0.3, -0.25) is 9.59 Å². The van der Waals surface area contributed by atoms with Crippen LogP contribution in [0.2, 0.25) is 0 Å². The van der Waals surface area contributed by atoms with E-state index >= 15 is 0 Å². The molecule has 4 rings (SSSR count). The Morgan fingerprint density at radius 3 is 1.71 bits per heavy atom. The summed E-state index contributed by atoms with van der Waals surface area (Å²) in [6.45, 7) is 1.60. The van der Waals surface area contributed by atoms with Crippen LogP contribution in [0, 0.1) is 0 Å². The van der Waals surface area contributed by atoms with Gasteiger partial charge in [-0.25, -0.2) is 0 Å². The van der Waals surface area contributed by atoms with Crippen molar-refractivity contribution >= 4 is 11.7 Å². The molecule has 1 saturated heterocycles. The number of Topliss-reactive ketones (excluding diaryl/α,β-unsaturated/α-hetero) is 1. The Morgan fingerprint density at radius 2 is 1.21 bits per heavy atom. The Morgan fingerprint density at radius 1 is 0.750 bits per heavy atom. The lowest BCUT2D eigenvalue weighted by atomic mass is 9.75. The summed E-state index contributed by atoms with van der Waals surface area (Å²) in [4.78, 5) is 28.2. The minimum atomic E-state index is -0.368. The Balaban J connectivity index is 1.88. The molecule has 1 aliphatic rings. The van der Waals surface area contributed by atoms with Gasteiger partial charge in [0.2, 0.25) is 5.91 Å². The van der Waals surface area contributed by atoms with Crippen LogP contribution in [0.5, 0.6) is 0 Å². The van der Waals surface area contributed by atoms with Crippen molar-refractivity contribution in [3.63, 3.8) is 0 Å². The van der Waals surface area contributed by atoms with Crippen molar-refractivity contribution in [2.75, 3.05) is 0 Å². The number of carbonyl (C=O) groups excluding carboxylic acids is 2. The smallest absolute Gasteiger partial charge is 0.220 e. The molecule has 0 radical (unpaired) electrons. The van der Waals surface area contributed by atoms with Crippen LogP contribution in [-0.2, 0) is 9.59 Å². The van der Waals surface area contributed by atoms with Crippen LogP contribution in [-0.4, -0.2) is 16.6 Å². The molecule has 0 unspecified atom stereocenters. The molecule has 3 atom stereocenters. The molecule has 1 aliphatic heterocycles. The first kappa shape index (κ1) is 18.2. The van der Waals surface area contributed by atoms with E-state index in [9.17, 15) is 9.59 Å². The van der Waals surface area contributed by atoms with E-state index in [2.05, 4.69) is 0 Å². The molecule has 140 valence electrons. The minimum Gasteiger partial charge on any atom is -0.327 e. The molecule has 28 heavy (non-hydrogen) atoms. The van der Waals surface area contributed by atoms with Crippen LogP contribution >= 0.6 is 0 Å². The van der Waals surface area contributed by atoms with Gasteiger partial charge in [0, 0.05) is 13.3 Å². The number of hydrogen-bond acceptors (Lipinski definition) is 2. The van der Waals surface area contributed by atoms with E-state index < -0.39 is 0 Å². The quantitative estimate of drug-likeness (QED) is 0.646. The molecule has 0 aromatic heterocycles. The number of carbonyl (C=O) groups is 2. The zero-order valence-electron chi connectivity index (χ0n) is 15.9. The van der Waals surface area contributed by atoms with E-state index in [0.29, 0.717) is 6.42 Å². The van der Waals surface area contributed by atoms with E-state index in [4.69, 9.17) is 0 Å². The number of rotatable bonds is 3. The highest BCUT2D eigenvalue weighted by Crippen LogP contribution is 2.47. The molecular formula is C25H23NO2. The van der Waals surface area contributed by atoms with E-state index in [-0.39, 0.29) is 29.7 Å². The maximum Gasteiger partial charge on any atom is 0.220 e. The topological polar surface area (TPSA) is 37.4 Å². The van der Waals surface area contributed by atoms with E-state index in [1.54, 1.807) is 6.92 Å². The van der Waals surface area contributed by atoms with Crippen molar-refractivity contribution in [2.24, 2.45) is 0 Å². The van der Waals surface area contributed by atoms with Gasteiger partial charge in [-0.1, -0.05) is 91.0 Å². The molecule has 1 heterocycles. The molecule has 3 aromatic rings. The maximum absolute atomic E-state index is 13.4. The van der Waals surface area contributed by atoms with Gasteiger partial charge in [-0.2, -0.15) is 0 Å². The number of ketones is 1. The summed E-state index contributed by atoms with van der Waals surface area (Å²) >= 11 is 0. The van der Waals surface area contributed by atoms with Gasteiger partial charge in [0.05, 0.1) is 18.0 Å². The molecule has 3 nitrogen and oxygen atoms in total. The number of hydrogen-bond donors (Lipinski definition) is 0. The molecule has 3 heteroatoms. The lowest BCUT2D eigenvalue weighted by Crippen LogP contribution is -2.46. The van der Waals surface area contributed by atoms with Crippen molar-refractivity contribution in [1.29, 1.82) is 0 Å². The number of amides is 1. The third-order valence-corrected chi connectivity index (χ3v) is 5.54. The van der Waals surface area contributed by atoms with Crippen molar-refractivity contribution in [3.8, 4) is 0 Å². The van der Waals surface area contributed by atoms with Crippen LogP contribution in [0.3, 0.4) is 0 Å².